The number of nitrogens with zero attached hydrogens (tertiary/aromatic N) is 1. The predicted octanol–water partition coefficient (Wildman–Crippen LogP) is 0.639. The Hall–Kier alpha value is -2.28. The highest BCUT2D eigenvalue weighted by molar-refractivity contribution is 5.91. The summed E-state index contributed by atoms with van der Waals surface area (Å²) in [6.45, 7) is -0.0420. The summed E-state index contributed by atoms with van der Waals surface area (Å²) >= 11 is 0. The van der Waals surface area contributed by atoms with Gasteiger partial charge in [-0.15, -0.1) is 0 Å². The van der Waals surface area contributed by atoms with Crippen LogP contribution in [0.5, 0.6) is 5.75 Å². The summed E-state index contributed by atoms with van der Waals surface area (Å²) in [6.07, 6.45) is 0. The molecule has 0 atom stereocenters. The number of anilines is 1. The second-order valence-corrected chi connectivity index (χ2v) is 3.75. The molecule has 0 fully saturated rings. The Bertz CT molecular complexity index is 432. The SMILES string of the molecule is CN(C(=O)NCCOCC(=O)O)c1ccc(O)cc1. The van der Waals surface area contributed by atoms with Gasteiger partial charge in [0.25, 0.3) is 0 Å². The van der Waals surface area contributed by atoms with Crippen molar-refractivity contribution in [3.63, 3.8) is 0 Å². The average molecular weight is 268 g/mol. The molecule has 7 nitrogen and oxygen atoms in total. The summed E-state index contributed by atoms with van der Waals surface area (Å²) in [6, 6.07) is 5.83. The van der Waals surface area contributed by atoms with Crippen LogP contribution in [0, 0.1) is 0 Å². The van der Waals surface area contributed by atoms with Crippen molar-refractivity contribution in [2.75, 3.05) is 31.7 Å². The number of carbonyl (C=O) groups is 2. The number of carboxylic acid groups (broad SMARTS) is 1. The lowest BCUT2D eigenvalue weighted by molar-refractivity contribution is -0.142. The maximum Gasteiger partial charge on any atom is 0.329 e. The van der Waals surface area contributed by atoms with Crippen LogP contribution in [0.4, 0.5) is 10.5 Å². The normalized spacial score (nSPS) is 9.95. The van der Waals surface area contributed by atoms with Gasteiger partial charge in [-0.3, -0.25) is 4.90 Å². The van der Waals surface area contributed by atoms with Gasteiger partial charge in [0, 0.05) is 19.3 Å². The first-order valence-electron chi connectivity index (χ1n) is 5.61. The first-order valence-corrected chi connectivity index (χ1v) is 5.61. The number of ether oxygens (including phenoxy) is 1. The van der Waals surface area contributed by atoms with Gasteiger partial charge in [0.15, 0.2) is 0 Å². The van der Waals surface area contributed by atoms with Crippen LogP contribution < -0.4 is 10.2 Å². The molecule has 0 bridgehead atoms. The van der Waals surface area contributed by atoms with Crippen LogP contribution in [0.2, 0.25) is 0 Å². The molecule has 19 heavy (non-hydrogen) atoms. The molecule has 0 heterocycles. The van der Waals surface area contributed by atoms with E-state index in [2.05, 4.69) is 5.32 Å². The fourth-order valence-corrected chi connectivity index (χ4v) is 1.30. The van der Waals surface area contributed by atoms with Gasteiger partial charge < -0.3 is 20.3 Å². The Morgan fingerprint density at radius 3 is 2.53 bits per heavy atom. The van der Waals surface area contributed by atoms with E-state index in [1.165, 1.54) is 17.0 Å². The number of hydrogen-bond donors (Lipinski definition) is 3. The molecular weight excluding hydrogens is 252 g/mol. The van der Waals surface area contributed by atoms with Gasteiger partial charge in [-0.25, -0.2) is 9.59 Å². The quantitative estimate of drug-likeness (QED) is 0.657. The molecule has 0 unspecified atom stereocenters. The van der Waals surface area contributed by atoms with Crippen LogP contribution in [-0.2, 0) is 9.53 Å². The van der Waals surface area contributed by atoms with E-state index < -0.39 is 5.97 Å². The number of aliphatic carboxylic acids is 1. The Kier molecular flexibility index (Phi) is 5.62. The third-order valence-corrected chi connectivity index (χ3v) is 2.29. The minimum absolute atomic E-state index is 0.125. The second-order valence-electron chi connectivity index (χ2n) is 3.75. The third kappa shape index (κ3) is 5.26. The molecule has 0 aliphatic heterocycles. The standard InChI is InChI=1S/C12H16N2O5/c1-14(9-2-4-10(15)5-3-9)12(18)13-6-7-19-8-11(16)17/h2-5,15H,6-8H2,1H3,(H,13,18)(H,16,17). The minimum atomic E-state index is -1.05. The number of amides is 2. The Balaban J connectivity index is 2.32. The number of rotatable bonds is 6. The van der Waals surface area contributed by atoms with Gasteiger partial charge in [-0.1, -0.05) is 0 Å². The van der Waals surface area contributed by atoms with Crippen molar-refractivity contribution in [1.29, 1.82) is 0 Å². The molecule has 0 aliphatic carbocycles. The van der Waals surface area contributed by atoms with E-state index in [1.54, 1.807) is 19.2 Å². The van der Waals surface area contributed by atoms with Gasteiger partial charge in [0.2, 0.25) is 0 Å². The first kappa shape index (κ1) is 14.8. The molecule has 1 aromatic rings. The number of nitrogens with one attached hydrogen (secondary N) is 1. The Morgan fingerprint density at radius 2 is 1.95 bits per heavy atom. The largest absolute Gasteiger partial charge is 0.508 e. The molecule has 0 saturated carbocycles. The molecule has 0 spiro atoms. The fraction of sp³-hybridized carbons (Fsp3) is 0.333. The van der Waals surface area contributed by atoms with E-state index in [0.717, 1.165) is 0 Å². The molecule has 1 rings (SSSR count). The van der Waals surface area contributed by atoms with E-state index in [9.17, 15) is 9.59 Å². The van der Waals surface area contributed by atoms with Crippen LogP contribution >= 0.6 is 0 Å². The molecular formula is C12H16N2O5. The molecule has 0 aliphatic rings. The van der Waals surface area contributed by atoms with E-state index in [-0.39, 0.29) is 31.5 Å². The highest BCUT2D eigenvalue weighted by atomic mass is 16.5. The number of aromatic hydroxyl groups is 1. The highest BCUT2D eigenvalue weighted by Gasteiger charge is 2.09. The highest BCUT2D eigenvalue weighted by Crippen LogP contribution is 2.16. The van der Waals surface area contributed by atoms with E-state index in [1.807, 2.05) is 0 Å². The van der Waals surface area contributed by atoms with Crippen LogP contribution in [0.1, 0.15) is 0 Å². The van der Waals surface area contributed by atoms with Crippen molar-refractivity contribution >= 4 is 17.7 Å². The van der Waals surface area contributed by atoms with Gasteiger partial charge in [0.05, 0.1) is 6.61 Å². The zero-order valence-corrected chi connectivity index (χ0v) is 10.5. The van der Waals surface area contributed by atoms with Crippen molar-refractivity contribution in [2.24, 2.45) is 0 Å². The van der Waals surface area contributed by atoms with Crippen LogP contribution in [0.15, 0.2) is 24.3 Å². The lowest BCUT2D eigenvalue weighted by atomic mass is 10.3. The van der Waals surface area contributed by atoms with Crippen molar-refractivity contribution in [1.82, 2.24) is 5.32 Å². The molecule has 0 saturated heterocycles. The van der Waals surface area contributed by atoms with Crippen LogP contribution in [0.25, 0.3) is 0 Å². The number of phenols is 1. The summed E-state index contributed by atoms with van der Waals surface area (Å²) < 4.78 is 4.78. The minimum Gasteiger partial charge on any atom is -0.508 e. The van der Waals surface area contributed by atoms with Gasteiger partial charge >= 0.3 is 12.0 Å². The number of phenolic OH excluding ortho intramolecular Hbond substituents is 1. The molecule has 104 valence electrons. The number of urea groups is 1. The monoisotopic (exact) mass is 268 g/mol. The van der Waals surface area contributed by atoms with E-state index >= 15 is 0 Å². The van der Waals surface area contributed by atoms with Crippen molar-refractivity contribution in [2.45, 2.75) is 0 Å². The zero-order valence-electron chi connectivity index (χ0n) is 10.5. The Labute approximate surface area is 110 Å². The summed E-state index contributed by atoms with van der Waals surface area (Å²) in [7, 11) is 1.58. The lowest BCUT2D eigenvalue weighted by Crippen LogP contribution is -2.39. The molecule has 3 N–H and O–H groups in total. The summed E-state index contributed by atoms with van der Waals surface area (Å²) in [4.78, 5) is 23.3. The Morgan fingerprint density at radius 1 is 1.32 bits per heavy atom. The molecule has 7 heteroatoms. The van der Waals surface area contributed by atoms with Gasteiger partial charge in [0.1, 0.15) is 12.4 Å². The van der Waals surface area contributed by atoms with E-state index in [0.29, 0.717) is 5.69 Å². The smallest absolute Gasteiger partial charge is 0.329 e. The fourth-order valence-electron chi connectivity index (χ4n) is 1.30. The average Bonchev–Trinajstić information content (AvgIpc) is 2.37. The maximum absolute atomic E-state index is 11.7. The molecule has 0 aromatic heterocycles. The molecule has 2 amide bonds. The van der Waals surface area contributed by atoms with Crippen molar-refractivity contribution in [3.05, 3.63) is 24.3 Å². The first-order chi connectivity index (χ1) is 9.00. The number of carbonyl (C=O) groups excluding carboxylic acids is 1. The second kappa shape index (κ2) is 7.22. The van der Waals surface area contributed by atoms with Crippen LogP contribution in [-0.4, -0.2) is 49.0 Å². The van der Waals surface area contributed by atoms with Crippen LogP contribution in [0.3, 0.4) is 0 Å². The van der Waals surface area contributed by atoms with Gasteiger partial charge in [-0.2, -0.15) is 0 Å². The summed E-state index contributed by atoms with van der Waals surface area (Å²) in [5.41, 5.74) is 0.627. The van der Waals surface area contributed by atoms with Crippen molar-refractivity contribution in [3.8, 4) is 5.75 Å². The third-order valence-electron chi connectivity index (χ3n) is 2.29. The van der Waals surface area contributed by atoms with E-state index in [4.69, 9.17) is 14.9 Å². The summed E-state index contributed by atoms with van der Waals surface area (Å²) in [5, 5.41) is 20.1. The number of benzene rings is 1. The maximum atomic E-state index is 11.7. The molecule has 0 radical (unpaired) electrons. The predicted molar refractivity (Wildman–Crippen MR) is 68.4 cm³/mol. The topological polar surface area (TPSA) is 99.1 Å². The number of carboxylic acids is 1. The lowest BCUT2D eigenvalue weighted by Gasteiger charge is -2.18. The number of hydrogen-bond acceptors (Lipinski definition) is 4. The molecule has 1 aromatic carbocycles. The zero-order chi connectivity index (χ0) is 14.3. The van der Waals surface area contributed by atoms with Gasteiger partial charge in [-0.05, 0) is 24.3 Å². The van der Waals surface area contributed by atoms with Crippen molar-refractivity contribution < 1.29 is 24.5 Å². The summed E-state index contributed by atoms with van der Waals surface area (Å²) in [5.74, 6) is -0.924.